The van der Waals surface area contributed by atoms with E-state index in [4.69, 9.17) is 9.84 Å². The van der Waals surface area contributed by atoms with Crippen LogP contribution in [0, 0.1) is 5.92 Å². The number of aryl methyl sites for hydroxylation is 1. The second-order valence-corrected chi connectivity index (χ2v) is 4.35. The summed E-state index contributed by atoms with van der Waals surface area (Å²) in [5.74, 6) is -0.538. The van der Waals surface area contributed by atoms with Crippen molar-refractivity contribution in [2.24, 2.45) is 13.0 Å². The van der Waals surface area contributed by atoms with Crippen LogP contribution < -0.4 is 15.4 Å². The van der Waals surface area contributed by atoms with Gasteiger partial charge in [0, 0.05) is 13.1 Å². The number of carboxylic acids is 1. The Morgan fingerprint density at radius 2 is 2.11 bits per heavy atom. The van der Waals surface area contributed by atoms with Gasteiger partial charge in [-0.3, -0.25) is 5.32 Å². The third-order valence-electron chi connectivity index (χ3n) is 2.51. The van der Waals surface area contributed by atoms with Gasteiger partial charge < -0.3 is 15.2 Å². The molecule has 1 heterocycles. The standard InChI is InChI=1S/C11H18N4O4/c1-6(2)9(10(16)17)13-11(18)12-7-5-8(19-4)15(3)14-7/h5-6,9H,1-4H3,(H,16,17)(H2,12,13,14,18)/t9-/m0/s1. The Morgan fingerprint density at radius 1 is 1.47 bits per heavy atom. The molecule has 106 valence electrons. The van der Waals surface area contributed by atoms with Gasteiger partial charge in [-0.15, -0.1) is 0 Å². The molecule has 0 bridgehead atoms. The lowest BCUT2D eigenvalue weighted by Gasteiger charge is -2.17. The fourth-order valence-electron chi connectivity index (χ4n) is 1.51. The van der Waals surface area contributed by atoms with Crippen LogP contribution in [0.3, 0.4) is 0 Å². The van der Waals surface area contributed by atoms with Crippen molar-refractivity contribution >= 4 is 17.8 Å². The van der Waals surface area contributed by atoms with Gasteiger partial charge in [-0.2, -0.15) is 5.10 Å². The summed E-state index contributed by atoms with van der Waals surface area (Å²) in [6.07, 6.45) is 0. The number of ether oxygens (including phenoxy) is 1. The molecule has 0 radical (unpaired) electrons. The number of carbonyl (C=O) groups is 2. The van der Waals surface area contributed by atoms with Crippen molar-refractivity contribution in [3.63, 3.8) is 0 Å². The smallest absolute Gasteiger partial charge is 0.326 e. The number of carbonyl (C=O) groups excluding carboxylic acids is 1. The number of nitrogens with zero attached hydrogens (tertiary/aromatic N) is 2. The molecule has 3 N–H and O–H groups in total. The average molecular weight is 270 g/mol. The number of carboxylic acid groups (broad SMARTS) is 1. The zero-order valence-electron chi connectivity index (χ0n) is 11.3. The van der Waals surface area contributed by atoms with Crippen molar-refractivity contribution < 1.29 is 19.4 Å². The van der Waals surface area contributed by atoms with Gasteiger partial charge >= 0.3 is 12.0 Å². The summed E-state index contributed by atoms with van der Waals surface area (Å²) in [5.41, 5.74) is 0. The van der Waals surface area contributed by atoms with Crippen LogP contribution in [0.25, 0.3) is 0 Å². The Hall–Kier alpha value is -2.25. The lowest BCUT2D eigenvalue weighted by molar-refractivity contribution is -0.140. The number of methoxy groups -OCH3 is 1. The van der Waals surface area contributed by atoms with Gasteiger partial charge in [-0.05, 0) is 5.92 Å². The Kier molecular flexibility index (Phi) is 4.74. The molecule has 0 fully saturated rings. The van der Waals surface area contributed by atoms with Crippen LogP contribution in [0.1, 0.15) is 13.8 Å². The lowest BCUT2D eigenvalue weighted by Crippen LogP contribution is -2.46. The summed E-state index contributed by atoms with van der Waals surface area (Å²) in [6, 6.07) is -0.0440. The highest BCUT2D eigenvalue weighted by molar-refractivity contribution is 5.91. The van der Waals surface area contributed by atoms with Gasteiger partial charge in [-0.25, -0.2) is 14.3 Å². The fourth-order valence-corrected chi connectivity index (χ4v) is 1.51. The molecule has 1 rings (SSSR count). The van der Waals surface area contributed by atoms with Crippen molar-refractivity contribution in [2.45, 2.75) is 19.9 Å². The molecule has 8 heteroatoms. The van der Waals surface area contributed by atoms with Crippen LogP contribution in [0.4, 0.5) is 10.6 Å². The predicted molar refractivity (Wildman–Crippen MR) is 68.2 cm³/mol. The van der Waals surface area contributed by atoms with Crippen molar-refractivity contribution in [1.82, 2.24) is 15.1 Å². The SMILES string of the molecule is COc1cc(NC(=O)N[C@H](C(=O)O)C(C)C)nn1C. The summed E-state index contributed by atoms with van der Waals surface area (Å²) in [6.45, 7) is 3.42. The van der Waals surface area contributed by atoms with Crippen molar-refractivity contribution in [1.29, 1.82) is 0 Å². The van der Waals surface area contributed by atoms with E-state index in [9.17, 15) is 9.59 Å². The van der Waals surface area contributed by atoms with Crippen LogP contribution in [-0.4, -0.2) is 40.0 Å². The predicted octanol–water partition coefficient (Wildman–Crippen LogP) is 0.659. The monoisotopic (exact) mass is 270 g/mol. The summed E-state index contributed by atoms with van der Waals surface area (Å²) in [7, 11) is 3.15. The molecule has 1 atom stereocenters. The number of rotatable bonds is 5. The van der Waals surface area contributed by atoms with Crippen LogP contribution in [0.5, 0.6) is 5.88 Å². The van der Waals surface area contributed by atoms with Crippen molar-refractivity contribution in [3.8, 4) is 5.88 Å². The highest BCUT2D eigenvalue weighted by atomic mass is 16.5. The van der Waals surface area contributed by atoms with E-state index in [1.807, 2.05) is 0 Å². The molecule has 0 unspecified atom stereocenters. The van der Waals surface area contributed by atoms with Gasteiger partial charge in [0.15, 0.2) is 5.82 Å². The quantitative estimate of drug-likeness (QED) is 0.728. The van der Waals surface area contributed by atoms with Crippen molar-refractivity contribution in [2.75, 3.05) is 12.4 Å². The van der Waals surface area contributed by atoms with E-state index in [0.717, 1.165) is 0 Å². The average Bonchev–Trinajstić information content (AvgIpc) is 2.65. The van der Waals surface area contributed by atoms with Gasteiger partial charge in [0.1, 0.15) is 6.04 Å². The van der Waals surface area contributed by atoms with E-state index in [0.29, 0.717) is 5.88 Å². The normalized spacial score (nSPS) is 12.1. The van der Waals surface area contributed by atoms with Gasteiger partial charge in [0.05, 0.1) is 7.11 Å². The van der Waals surface area contributed by atoms with E-state index in [1.165, 1.54) is 17.9 Å². The molecule has 0 aliphatic carbocycles. The molecule has 0 aromatic carbocycles. The van der Waals surface area contributed by atoms with Crippen LogP contribution in [0.2, 0.25) is 0 Å². The molecule has 0 aliphatic heterocycles. The number of amides is 2. The molecule has 8 nitrogen and oxygen atoms in total. The Balaban J connectivity index is 2.66. The van der Waals surface area contributed by atoms with Crippen LogP contribution in [0.15, 0.2) is 6.07 Å². The number of urea groups is 1. The highest BCUT2D eigenvalue weighted by Crippen LogP contribution is 2.15. The summed E-state index contributed by atoms with van der Waals surface area (Å²) >= 11 is 0. The first-order valence-electron chi connectivity index (χ1n) is 5.73. The van der Waals surface area contributed by atoms with E-state index in [2.05, 4.69) is 15.7 Å². The molecule has 0 saturated carbocycles. The Bertz CT molecular complexity index is 469. The van der Waals surface area contributed by atoms with E-state index < -0.39 is 18.0 Å². The topological polar surface area (TPSA) is 105 Å². The van der Waals surface area contributed by atoms with E-state index in [1.54, 1.807) is 20.9 Å². The van der Waals surface area contributed by atoms with Gasteiger partial charge in [0.2, 0.25) is 5.88 Å². The molecular weight excluding hydrogens is 252 g/mol. The third kappa shape index (κ3) is 3.87. The molecule has 0 saturated heterocycles. The minimum Gasteiger partial charge on any atom is -0.481 e. The maximum atomic E-state index is 11.7. The van der Waals surface area contributed by atoms with Crippen molar-refractivity contribution in [3.05, 3.63) is 6.07 Å². The maximum Gasteiger partial charge on any atom is 0.326 e. The molecule has 0 spiro atoms. The molecule has 0 aliphatic rings. The first kappa shape index (κ1) is 14.8. The molecule has 2 amide bonds. The van der Waals surface area contributed by atoms with Gasteiger partial charge in [0.25, 0.3) is 0 Å². The largest absolute Gasteiger partial charge is 0.481 e. The van der Waals surface area contributed by atoms with Crippen LogP contribution in [-0.2, 0) is 11.8 Å². The Labute approximate surface area is 110 Å². The first-order chi connectivity index (χ1) is 8.85. The lowest BCUT2D eigenvalue weighted by atomic mass is 10.1. The minimum atomic E-state index is -1.08. The second-order valence-electron chi connectivity index (χ2n) is 4.35. The Morgan fingerprint density at radius 3 is 2.53 bits per heavy atom. The summed E-state index contributed by atoms with van der Waals surface area (Å²) in [4.78, 5) is 22.6. The number of nitrogens with one attached hydrogen (secondary N) is 2. The number of aliphatic carboxylic acids is 1. The fraction of sp³-hybridized carbons (Fsp3) is 0.545. The highest BCUT2D eigenvalue weighted by Gasteiger charge is 2.23. The zero-order chi connectivity index (χ0) is 14.6. The van der Waals surface area contributed by atoms with E-state index in [-0.39, 0.29) is 11.7 Å². The molecule has 19 heavy (non-hydrogen) atoms. The molecular formula is C11H18N4O4. The van der Waals surface area contributed by atoms with E-state index >= 15 is 0 Å². The van der Waals surface area contributed by atoms with Crippen LogP contribution >= 0.6 is 0 Å². The third-order valence-corrected chi connectivity index (χ3v) is 2.51. The van der Waals surface area contributed by atoms with Gasteiger partial charge in [-0.1, -0.05) is 13.8 Å². The number of hydrogen-bond donors (Lipinski definition) is 3. The number of hydrogen-bond acceptors (Lipinski definition) is 4. The zero-order valence-corrected chi connectivity index (χ0v) is 11.3. The number of anilines is 1. The summed E-state index contributed by atoms with van der Waals surface area (Å²) < 4.78 is 6.45. The number of aromatic nitrogens is 2. The maximum absolute atomic E-state index is 11.7. The molecule has 1 aromatic heterocycles. The minimum absolute atomic E-state index is 0.221. The first-order valence-corrected chi connectivity index (χ1v) is 5.73. The summed E-state index contributed by atoms with van der Waals surface area (Å²) in [5, 5.41) is 17.8. The second kappa shape index (κ2) is 6.07. The molecule has 1 aromatic rings.